The average Bonchev–Trinajstić information content (AvgIpc) is 2.55. The maximum atomic E-state index is 12.0. The molecule has 1 saturated heterocycles. The van der Waals surface area contributed by atoms with Crippen LogP contribution < -0.4 is 10.1 Å². The van der Waals surface area contributed by atoms with Gasteiger partial charge in [-0.1, -0.05) is 25.1 Å². The third-order valence-corrected chi connectivity index (χ3v) is 4.39. The fourth-order valence-corrected chi connectivity index (χ4v) is 3.05. The molecule has 0 aromatic heterocycles. The standard InChI is InChI=1S/C19H30N2O2/c1-3-12-21-13-10-17(11-14-21)20-19(22)9-6-15-23-18-8-5-4-7-16(18)2/h4-5,7-8,17H,3,6,9-15H2,1-2H3,(H,20,22). The zero-order valence-corrected chi connectivity index (χ0v) is 14.5. The Morgan fingerprint density at radius 3 is 2.74 bits per heavy atom. The number of ether oxygens (including phenoxy) is 1. The summed E-state index contributed by atoms with van der Waals surface area (Å²) in [6.07, 6.45) is 4.66. The second kappa shape index (κ2) is 9.56. The van der Waals surface area contributed by atoms with Gasteiger partial charge in [-0.25, -0.2) is 0 Å². The molecule has 4 nitrogen and oxygen atoms in total. The van der Waals surface area contributed by atoms with Gasteiger partial charge in [0.05, 0.1) is 6.61 Å². The predicted octanol–water partition coefficient (Wildman–Crippen LogP) is 3.14. The molecule has 0 saturated carbocycles. The van der Waals surface area contributed by atoms with E-state index in [1.165, 1.54) is 13.0 Å². The minimum absolute atomic E-state index is 0.160. The van der Waals surface area contributed by atoms with Crippen molar-refractivity contribution in [3.8, 4) is 5.75 Å². The Kier molecular flexibility index (Phi) is 7.40. The lowest BCUT2D eigenvalue weighted by molar-refractivity contribution is -0.122. The number of carbonyl (C=O) groups is 1. The molecule has 1 N–H and O–H groups in total. The van der Waals surface area contributed by atoms with Crippen LogP contribution in [0.2, 0.25) is 0 Å². The van der Waals surface area contributed by atoms with Gasteiger partial charge in [0.25, 0.3) is 0 Å². The number of nitrogens with zero attached hydrogens (tertiary/aromatic N) is 1. The van der Waals surface area contributed by atoms with E-state index < -0.39 is 0 Å². The van der Waals surface area contributed by atoms with E-state index in [4.69, 9.17) is 4.74 Å². The molecule has 0 radical (unpaired) electrons. The maximum absolute atomic E-state index is 12.0. The highest BCUT2D eigenvalue weighted by molar-refractivity contribution is 5.76. The van der Waals surface area contributed by atoms with Gasteiger partial charge < -0.3 is 15.0 Å². The van der Waals surface area contributed by atoms with Gasteiger partial charge in [-0.15, -0.1) is 0 Å². The largest absolute Gasteiger partial charge is 0.493 e. The normalized spacial score (nSPS) is 16.3. The van der Waals surface area contributed by atoms with E-state index in [1.807, 2.05) is 31.2 Å². The molecule has 1 amide bonds. The molecule has 1 aliphatic heterocycles. The number of aryl methyl sites for hydroxylation is 1. The van der Waals surface area contributed by atoms with E-state index in [2.05, 4.69) is 17.1 Å². The lowest BCUT2D eigenvalue weighted by atomic mass is 10.0. The molecule has 23 heavy (non-hydrogen) atoms. The summed E-state index contributed by atoms with van der Waals surface area (Å²) in [5.41, 5.74) is 1.13. The Balaban J connectivity index is 1.58. The molecule has 128 valence electrons. The minimum Gasteiger partial charge on any atom is -0.493 e. The molecule has 1 aliphatic rings. The first-order valence-corrected chi connectivity index (χ1v) is 8.89. The number of piperidine rings is 1. The van der Waals surface area contributed by atoms with Crippen LogP contribution in [0.5, 0.6) is 5.75 Å². The van der Waals surface area contributed by atoms with Crippen LogP contribution in [0.25, 0.3) is 0 Å². The maximum Gasteiger partial charge on any atom is 0.220 e. The van der Waals surface area contributed by atoms with Crippen molar-refractivity contribution in [1.29, 1.82) is 0 Å². The Morgan fingerprint density at radius 2 is 2.04 bits per heavy atom. The Hall–Kier alpha value is -1.55. The zero-order valence-electron chi connectivity index (χ0n) is 14.5. The van der Waals surface area contributed by atoms with Gasteiger partial charge in [0.15, 0.2) is 0 Å². The fraction of sp³-hybridized carbons (Fsp3) is 0.632. The molecule has 0 unspecified atom stereocenters. The number of benzene rings is 1. The summed E-state index contributed by atoms with van der Waals surface area (Å²) < 4.78 is 5.73. The third kappa shape index (κ3) is 6.22. The van der Waals surface area contributed by atoms with Crippen LogP contribution in [-0.4, -0.2) is 43.1 Å². The van der Waals surface area contributed by atoms with Crippen molar-refractivity contribution in [2.24, 2.45) is 0 Å². The second-order valence-electron chi connectivity index (χ2n) is 6.40. The van der Waals surface area contributed by atoms with E-state index >= 15 is 0 Å². The molecule has 1 aromatic carbocycles. The quantitative estimate of drug-likeness (QED) is 0.749. The molecular formula is C19H30N2O2. The minimum atomic E-state index is 0.160. The topological polar surface area (TPSA) is 41.6 Å². The number of nitrogens with one attached hydrogen (secondary N) is 1. The smallest absolute Gasteiger partial charge is 0.220 e. The number of carbonyl (C=O) groups excluding carboxylic acids is 1. The molecule has 0 aliphatic carbocycles. The van der Waals surface area contributed by atoms with Gasteiger partial charge in [-0.05, 0) is 50.8 Å². The summed E-state index contributed by atoms with van der Waals surface area (Å²) in [4.78, 5) is 14.5. The van der Waals surface area contributed by atoms with Crippen molar-refractivity contribution in [2.45, 2.75) is 52.0 Å². The summed E-state index contributed by atoms with van der Waals surface area (Å²) >= 11 is 0. The molecule has 1 fully saturated rings. The molecule has 1 aromatic rings. The summed E-state index contributed by atoms with van der Waals surface area (Å²) in [6, 6.07) is 8.33. The lowest BCUT2D eigenvalue weighted by Gasteiger charge is -2.32. The molecule has 0 atom stereocenters. The Bertz CT molecular complexity index is 482. The van der Waals surface area contributed by atoms with Gasteiger partial charge in [0, 0.05) is 25.6 Å². The number of amides is 1. The summed E-state index contributed by atoms with van der Waals surface area (Å²) in [7, 11) is 0. The van der Waals surface area contributed by atoms with Crippen LogP contribution in [0, 0.1) is 6.92 Å². The summed E-state index contributed by atoms with van der Waals surface area (Å²) in [5, 5.41) is 3.17. The van der Waals surface area contributed by atoms with Gasteiger partial charge in [0.2, 0.25) is 5.91 Å². The van der Waals surface area contributed by atoms with Crippen molar-refractivity contribution < 1.29 is 9.53 Å². The van der Waals surface area contributed by atoms with Gasteiger partial charge >= 0.3 is 0 Å². The average molecular weight is 318 g/mol. The van der Waals surface area contributed by atoms with E-state index in [0.717, 1.165) is 43.7 Å². The van der Waals surface area contributed by atoms with Crippen LogP contribution in [0.15, 0.2) is 24.3 Å². The van der Waals surface area contributed by atoms with Gasteiger partial charge in [-0.2, -0.15) is 0 Å². The van der Waals surface area contributed by atoms with Crippen molar-refractivity contribution in [3.05, 3.63) is 29.8 Å². The van der Waals surface area contributed by atoms with E-state index in [1.54, 1.807) is 0 Å². The second-order valence-corrected chi connectivity index (χ2v) is 6.40. The number of rotatable bonds is 8. The lowest BCUT2D eigenvalue weighted by Crippen LogP contribution is -2.44. The molecular weight excluding hydrogens is 288 g/mol. The number of para-hydroxylation sites is 1. The van der Waals surface area contributed by atoms with Gasteiger partial charge in [-0.3, -0.25) is 4.79 Å². The SMILES string of the molecule is CCCN1CCC(NC(=O)CCCOc2ccccc2C)CC1. The zero-order chi connectivity index (χ0) is 16.5. The van der Waals surface area contributed by atoms with Crippen LogP contribution in [0.4, 0.5) is 0 Å². The highest BCUT2D eigenvalue weighted by Gasteiger charge is 2.19. The van der Waals surface area contributed by atoms with E-state index in [0.29, 0.717) is 19.1 Å². The molecule has 1 heterocycles. The van der Waals surface area contributed by atoms with Crippen molar-refractivity contribution in [1.82, 2.24) is 10.2 Å². The van der Waals surface area contributed by atoms with Crippen LogP contribution >= 0.6 is 0 Å². The van der Waals surface area contributed by atoms with Crippen LogP contribution in [-0.2, 0) is 4.79 Å². The number of hydrogen-bond acceptors (Lipinski definition) is 3. The number of hydrogen-bond donors (Lipinski definition) is 1. The van der Waals surface area contributed by atoms with Crippen molar-refractivity contribution in [3.63, 3.8) is 0 Å². The first-order chi connectivity index (χ1) is 11.2. The molecule has 0 bridgehead atoms. The fourth-order valence-electron chi connectivity index (χ4n) is 3.05. The predicted molar refractivity (Wildman–Crippen MR) is 93.8 cm³/mol. The highest BCUT2D eigenvalue weighted by atomic mass is 16.5. The Morgan fingerprint density at radius 1 is 1.30 bits per heavy atom. The summed E-state index contributed by atoms with van der Waals surface area (Å²) in [6.45, 7) is 8.23. The van der Waals surface area contributed by atoms with E-state index in [-0.39, 0.29) is 5.91 Å². The summed E-state index contributed by atoms with van der Waals surface area (Å²) in [5.74, 6) is 1.07. The Labute approximate surface area is 140 Å². The first-order valence-electron chi connectivity index (χ1n) is 8.89. The number of likely N-dealkylation sites (tertiary alicyclic amines) is 1. The van der Waals surface area contributed by atoms with E-state index in [9.17, 15) is 4.79 Å². The first kappa shape index (κ1) is 17.8. The highest BCUT2D eigenvalue weighted by Crippen LogP contribution is 2.16. The van der Waals surface area contributed by atoms with Crippen molar-refractivity contribution in [2.75, 3.05) is 26.2 Å². The monoisotopic (exact) mass is 318 g/mol. The molecule has 2 rings (SSSR count). The van der Waals surface area contributed by atoms with Crippen LogP contribution in [0.1, 0.15) is 44.6 Å². The molecule has 0 spiro atoms. The third-order valence-electron chi connectivity index (χ3n) is 4.39. The van der Waals surface area contributed by atoms with Crippen LogP contribution in [0.3, 0.4) is 0 Å². The molecule has 4 heteroatoms. The van der Waals surface area contributed by atoms with Gasteiger partial charge in [0.1, 0.15) is 5.75 Å². The van der Waals surface area contributed by atoms with Crippen molar-refractivity contribution >= 4 is 5.91 Å².